The van der Waals surface area contributed by atoms with E-state index in [0.717, 1.165) is 21.8 Å². The molecule has 0 saturated carbocycles. The van der Waals surface area contributed by atoms with Crippen LogP contribution in [-0.4, -0.2) is 94.2 Å². The van der Waals surface area contributed by atoms with Gasteiger partial charge < -0.3 is 30.0 Å². The van der Waals surface area contributed by atoms with Crippen LogP contribution in [0.1, 0.15) is 39.2 Å². The van der Waals surface area contributed by atoms with Crippen LogP contribution in [-0.2, 0) is 14.3 Å². The third-order valence-electron chi connectivity index (χ3n) is 8.75. The molecule has 3 aromatic carbocycles. The fourth-order valence-electron chi connectivity index (χ4n) is 6.66. The quantitative estimate of drug-likeness (QED) is 0.0752. The fourth-order valence-corrected chi connectivity index (χ4v) is 6.66. The summed E-state index contributed by atoms with van der Waals surface area (Å²) in [5, 5.41) is 38.2. The second-order valence-corrected chi connectivity index (χ2v) is 13.2. The van der Waals surface area contributed by atoms with Crippen molar-refractivity contribution in [3.8, 4) is 5.75 Å². The number of aromatic nitrogens is 1. The molecule has 4 N–H and O–H groups in total. The Morgan fingerprint density at radius 3 is 2.56 bits per heavy atom. The van der Waals surface area contributed by atoms with E-state index in [1.807, 2.05) is 68.3 Å². The Balaban J connectivity index is 1.29. The van der Waals surface area contributed by atoms with Gasteiger partial charge in [-0.15, -0.1) is 0 Å². The maximum absolute atomic E-state index is 13.5. The van der Waals surface area contributed by atoms with Crippen LogP contribution in [0.5, 0.6) is 5.75 Å². The maximum atomic E-state index is 13.5. The van der Waals surface area contributed by atoms with E-state index < -0.39 is 40.3 Å². The van der Waals surface area contributed by atoms with E-state index in [-0.39, 0.29) is 43.3 Å². The number of aromatic amines is 1. The lowest BCUT2D eigenvalue weighted by molar-refractivity contribution is -0.384. The van der Waals surface area contributed by atoms with Gasteiger partial charge in [0.2, 0.25) is 0 Å². The van der Waals surface area contributed by atoms with Crippen LogP contribution in [0.3, 0.4) is 0 Å². The number of hydrogen-bond donors (Lipinski definition) is 4. The largest absolute Gasteiger partial charge is 0.489 e. The number of aliphatic hydroxyl groups is 1. The number of nitrogens with zero attached hydrogens (tertiary/aromatic N) is 3. The molecule has 50 heavy (non-hydrogen) atoms. The number of hydrogen-bond acceptors (Lipinski definition) is 10. The molecule has 0 aliphatic carbocycles. The molecule has 0 amide bonds. The summed E-state index contributed by atoms with van der Waals surface area (Å²) in [4.78, 5) is 46.9. The van der Waals surface area contributed by atoms with Crippen LogP contribution in [0.2, 0.25) is 0 Å². The van der Waals surface area contributed by atoms with Crippen LogP contribution in [0.4, 0.5) is 5.69 Å². The summed E-state index contributed by atoms with van der Waals surface area (Å²) in [7, 11) is 1.84. The van der Waals surface area contributed by atoms with E-state index in [9.17, 15) is 29.9 Å². The van der Waals surface area contributed by atoms with Crippen molar-refractivity contribution in [3.05, 3.63) is 93.7 Å². The second-order valence-electron chi connectivity index (χ2n) is 13.2. The highest BCUT2D eigenvalue weighted by Crippen LogP contribution is 2.41. The first-order valence-electron chi connectivity index (χ1n) is 16.5. The molecule has 2 heterocycles. The normalized spacial score (nSPS) is 17.2. The first-order valence-corrected chi connectivity index (χ1v) is 16.5. The Bertz CT molecular complexity index is 1970. The number of aliphatic carboxylic acids is 1. The molecule has 13 heteroatoms. The van der Waals surface area contributed by atoms with Gasteiger partial charge in [0.25, 0.3) is 5.69 Å². The number of likely N-dealkylation sites (N-methyl/N-ethyl adjacent to an activating group) is 1. The van der Waals surface area contributed by atoms with Crippen molar-refractivity contribution in [2.45, 2.75) is 45.3 Å². The maximum Gasteiger partial charge on any atom is 0.336 e. The number of para-hydroxylation sites is 2. The molecular formula is C37H43N5O8. The van der Waals surface area contributed by atoms with Gasteiger partial charge in [-0.05, 0) is 52.4 Å². The number of carbonyl (C=O) groups excluding carboxylic acids is 1. The number of β-amino-alcohol motifs (C(OH)–C–C–N with tert-alkyl or cyclic N) is 1. The molecule has 4 aromatic rings. The highest BCUT2D eigenvalue weighted by atomic mass is 16.6. The Kier molecular flexibility index (Phi) is 11.0. The highest BCUT2D eigenvalue weighted by Gasteiger charge is 2.43. The summed E-state index contributed by atoms with van der Waals surface area (Å²) < 4.78 is 11.4. The standard InChI is InChI=1S/C37H43N5O8/c1-6-49-36(46)33-29(39-22(2)31(35(44)45)32(33)23-11-9-12-24(17-23)42(47)48)19-41(5)21-37(3,4)38-18-25(43)20-50-30-16-10-14-27-26-13-7-8-15-28(26)40-34(27)30/h7-17,25,31-32,38,40,43H,6,18-21H2,1-5H3,(H,44,45). The molecule has 1 aromatic heterocycles. The topological polar surface area (TPSA) is 180 Å². The minimum Gasteiger partial charge on any atom is -0.489 e. The van der Waals surface area contributed by atoms with E-state index >= 15 is 0 Å². The van der Waals surface area contributed by atoms with Gasteiger partial charge in [0.1, 0.15) is 24.4 Å². The van der Waals surface area contributed by atoms with Gasteiger partial charge >= 0.3 is 11.9 Å². The van der Waals surface area contributed by atoms with E-state index in [1.54, 1.807) is 19.9 Å². The highest BCUT2D eigenvalue weighted by molar-refractivity contribution is 6.09. The van der Waals surface area contributed by atoms with Crippen LogP contribution >= 0.6 is 0 Å². The third-order valence-corrected chi connectivity index (χ3v) is 8.75. The predicted molar refractivity (Wildman–Crippen MR) is 191 cm³/mol. The Morgan fingerprint density at radius 2 is 1.84 bits per heavy atom. The summed E-state index contributed by atoms with van der Waals surface area (Å²) in [6.07, 6.45) is -0.813. The van der Waals surface area contributed by atoms with Gasteiger partial charge in [0.15, 0.2) is 0 Å². The van der Waals surface area contributed by atoms with Gasteiger partial charge in [-0.25, -0.2) is 4.79 Å². The molecule has 3 atom stereocenters. The number of rotatable bonds is 15. The lowest BCUT2D eigenvalue weighted by Gasteiger charge is -2.35. The van der Waals surface area contributed by atoms with Crippen molar-refractivity contribution in [2.24, 2.45) is 10.9 Å². The zero-order valence-corrected chi connectivity index (χ0v) is 28.8. The van der Waals surface area contributed by atoms with Crippen molar-refractivity contribution in [3.63, 3.8) is 0 Å². The third kappa shape index (κ3) is 8.02. The molecule has 13 nitrogen and oxygen atoms in total. The number of carboxylic acid groups (broad SMARTS) is 1. The predicted octanol–water partition coefficient (Wildman–Crippen LogP) is 5.05. The Hall–Kier alpha value is -5.11. The molecule has 0 fully saturated rings. The molecule has 0 spiro atoms. The van der Waals surface area contributed by atoms with Gasteiger partial charge in [-0.1, -0.05) is 42.5 Å². The van der Waals surface area contributed by atoms with E-state index in [2.05, 4.69) is 15.3 Å². The smallest absolute Gasteiger partial charge is 0.336 e. The van der Waals surface area contributed by atoms with Crippen LogP contribution in [0, 0.1) is 16.0 Å². The number of nitro benzene ring substituents is 1. The van der Waals surface area contributed by atoms with Crippen LogP contribution < -0.4 is 10.1 Å². The average molecular weight is 686 g/mol. The summed E-state index contributed by atoms with van der Waals surface area (Å²) >= 11 is 0. The van der Waals surface area contributed by atoms with Crippen LogP contribution in [0.25, 0.3) is 21.8 Å². The minimum atomic E-state index is -1.23. The molecule has 264 valence electrons. The van der Waals surface area contributed by atoms with E-state index in [0.29, 0.717) is 23.6 Å². The van der Waals surface area contributed by atoms with Crippen molar-refractivity contribution in [1.29, 1.82) is 0 Å². The van der Waals surface area contributed by atoms with Gasteiger partial charge in [0, 0.05) is 65.2 Å². The molecule has 3 unspecified atom stereocenters. The summed E-state index contributed by atoms with van der Waals surface area (Å²) in [6, 6.07) is 19.5. The molecule has 0 saturated heterocycles. The number of esters is 1. The Morgan fingerprint density at radius 1 is 1.12 bits per heavy atom. The average Bonchev–Trinajstić information content (AvgIpc) is 3.45. The zero-order valence-electron chi connectivity index (χ0n) is 28.8. The number of carbonyl (C=O) groups is 2. The SMILES string of the molecule is CCOC(=O)C1=C(CN(C)CC(C)(C)NCC(O)COc2cccc3c2[nH]c2ccccc23)N=C(C)C(C(=O)O)C1c1cccc([N+](=O)[O-])c1. The number of ether oxygens (including phenoxy) is 2. The summed E-state index contributed by atoms with van der Waals surface area (Å²) in [5.41, 5.74) is 2.10. The summed E-state index contributed by atoms with van der Waals surface area (Å²) in [6.45, 7) is 8.16. The first-order chi connectivity index (χ1) is 23.8. The number of nitrogens with one attached hydrogen (secondary N) is 2. The zero-order chi connectivity index (χ0) is 36.2. The number of nitro groups is 1. The van der Waals surface area contributed by atoms with Crippen LogP contribution in [0.15, 0.2) is 83.0 Å². The number of aliphatic imine (C=N–C) groups is 1. The number of non-ortho nitro benzene ring substituents is 1. The van der Waals surface area contributed by atoms with Crippen molar-refractivity contribution in [1.82, 2.24) is 15.2 Å². The lowest BCUT2D eigenvalue weighted by atomic mass is 9.75. The Labute approximate surface area is 289 Å². The molecule has 1 aliphatic heterocycles. The molecule has 0 radical (unpaired) electrons. The number of benzene rings is 3. The molecular weight excluding hydrogens is 642 g/mol. The number of H-pyrrole nitrogens is 1. The number of aliphatic hydroxyl groups excluding tert-OH is 1. The van der Waals surface area contributed by atoms with Gasteiger partial charge in [-0.3, -0.25) is 24.8 Å². The lowest BCUT2D eigenvalue weighted by Crippen LogP contribution is -2.51. The van der Waals surface area contributed by atoms with Crippen molar-refractivity contribution < 1.29 is 34.2 Å². The second kappa shape index (κ2) is 15.2. The summed E-state index contributed by atoms with van der Waals surface area (Å²) in [5.74, 6) is -3.56. The minimum absolute atomic E-state index is 0.0491. The van der Waals surface area contributed by atoms with Gasteiger partial charge in [-0.2, -0.15) is 0 Å². The molecule has 1 aliphatic rings. The molecule has 5 rings (SSSR count). The monoisotopic (exact) mass is 685 g/mol. The van der Waals surface area contributed by atoms with E-state index in [4.69, 9.17) is 9.47 Å². The van der Waals surface area contributed by atoms with Crippen molar-refractivity contribution in [2.75, 3.05) is 39.9 Å². The van der Waals surface area contributed by atoms with Crippen molar-refractivity contribution >= 4 is 45.1 Å². The number of fused-ring (bicyclic) bond motifs is 3. The van der Waals surface area contributed by atoms with E-state index in [1.165, 1.54) is 18.2 Å². The number of carboxylic acids is 1. The van der Waals surface area contributed by atoms with Gasteiger partial charge in [0.05, 0.1) is 28.3 Å². The first kappa shape index (κ1) is 36.2. The fraction of sp³-hybridized carbons (Fsp3) is 0.378. The molecule has 0 bridgehead atoms.